The van der Waals surface area contributed by atoms with Crippen LogP contribution in [-0.2, 0) is 6.42 Å². The molecule has 196 valence electrons. The number of benzene rings is 4. The molecule has 0 atom stereocenters. The zero-order valence-corrected chi connectivity index (χ0v) is 21.4. The number of carbonyl (C=O) groups excluding carboxylic acids is 1. The smallest absolute Gasteiger partial charge is 0.343 e. The number of ether oxygens (including phenoxy) is 2. The summed E-state index contributed by atoms with van der Waals surface area (Å²) in [4.78, 5) is 12.6. The summed E-state index contributed by atoms with van der Waals surface area (Å²) in [6.45, 7) is 4.38. The number of unbranched alkanes of at least 4 members (excludes halogenated alkanes) is 2. The predicted octanol–water partition coefficient (Wildman–Crippen LogP) is 8.79. The van der Waals surface area contributed by atoms with Gasteiger partial charge in [0.1, 0.15) is 11.6 Å². The summed E-state index contributed by atoms with van der Waals surface area (Å²) in [7, 11) is 0. The number of carbonyl (C=O) groups is 1. The van der Waals surface area contributed by atoms with Gasteiger partial charge in [-0.25, -0.2) is 13.6 Å². The van der Waals surface area contributed by atoms with Crippen molar-refractivity contribution in [1.29, 1.82) is 0 Å². The quantitative estimate of drug-likeness (QED) is 0.120. The molecule has 0 N–H and O–H groups in total. The van der Waals surface area contributed by atoms with Crippen LogP contribution in [0.5, 0.6) is 11.5 Å². The van der Waals surface area contributed by atoms with Crippen molar-refractivity contribution in [3.05, 3.63) is 107 Å². The Balaban J connectivity index is 1.46. The lowest BCUT2D eigenvalue weighted by molar-refractivity contribution is 0.0726. The topological polar surface area (TPSA) is 35.5 Å². The fraction of sp³-hybridized carbons (Fsp3) is 0.219. The number of halogens is 3. The van der Waals surface area contributed by atoms with Crippen LogP contribution >= 0.6 is 0 Å². The number of hydrogen-bond acceptors (Lipinski definition) is 3. The van der Waals surface area contributed by atoms with Crippen molar-refractivity contribution in [3.8, 4) is 33.8 Å². The average Bonchev–Trinajstić information content (AvgIpc) is 2.92. The van der Waals surface area contributed by atoms with E-state index in [1.807, 2.05) is 19.1 Å². The van der Waals surface area contributed by atoms with Crippen molar-refractivity contribution in [3.63, 3.8) is 0 Å². The molecule has 38 heavy (non-hydrogen) atoms. The lowest BCUT2D eigenvalue weighted by Gasteiger charge is -2.11. The van der Waals surface area contributed by atoms with E-state index in [-0.39, 0.29) is 11.1 Å². The molecule has 0 fully saturated rings. The zero-order chi connectivity index (χ0) is 27.1. The van der Waals surface area contributed by atoms with Gasteiger partial charge in [-0.3, -0.25) is 0 Å². The summed E-state index contributed by atoms with van der Waals surface area (Å²) in [6, 6.07) is 20.5. The maximum absolute atomic E-state index is 14.9. The molecule has 4 aromatic rings. The third kappa shape index (κ3) is 6.25. The molecular formula is C32H29F3O3. The second-order valence-electron chi connectivity index (χ2n) is 8.93. The molecule has 6 heteroatoms. The van der Waals surface area contributed by atoms with Crippen LogP contribution in [0.25, 0.3) is 22.3 Å². The van der Waals surface area contributed by atoms with E-state index in [4.69, 9.17) is 9.47 Å². The van der Waals surface area contributed by atoms with E-state index >= 15 is 0 Å². The molecule has 0 aliphatic carbocycles. The summed E-state index contributed by atoms with van der Waals surface area (Å²) >= 11 is 0. The van der Waals surface area contributed by atoms with E-state index in [0.29, 0.717) is 29.0 Å². The van der Waals surface area contributed by atoms with Crippen LogP contribution in [0, 0.1) is 17.5 Å². The predicted molar refractivity (Wildman–Crippen MR) is 143 cm³/mol. The van der Waals surface area contributed by atoms with Gasteiger partial charge in [0.2, 0.25) is 5.82 Å². The highest BCUT2D eigenvalue weighted by molar-refractivity contribution is 5.91. The minimum absolute atomic E-state index is 0.0872. The first-order valence-corrected chi connectivity index (χ1v) is 12.7. The number of rotatable bonds is 10. The fourth-order valence-corrected chi connectivity index (χ4v) is 4.19. The Bertz CT molecular complexity index is 1400. The van der Waals surface area contributed by atoms with Gasteiger partial charge >= 0.3 is 5.97 Å². The van der Waals surface area contributed by atoms with Gasteiger partial charge in [-0.1, -0.05) is 56.2 Å². The maximum atomic E-state index is 14.9. The van der Waals surface area contributed by atoms with E-state index in [0.717, 1.165) is 31.2 Å². The highest BCUT2D eigenvalue weighted by Crippen LogP contribution is 2.31. The van der Waals surface area contributed by atoms with Crippen LogP contribution in [0.1, 0.15) is 49.0 Å². The Morgan fingerprint density at radius 2 is 1.39 bits per heavy atom. The molecule has 0 saturated heterocycles. The number of hydrogen-bond donors (Lipinski definition) is 0. The molecule has 0 saturated carbocycles. The molecule has 4 rings (SSSR count). The highest BCUT2D eigenvalue weighted by atomic mass is 19.2. The fourth-order valence-electron chi connectivity index (χ4n) is 4.19. The molecular weight excluding hydrogens is 489 g/mol. The molecule has 3 nitrogen and oxygen atoms in total. The van der Waals surface area contributed by atoms with Gasteiger partial charge in [0.15, 0.2) is 11.6 Å². The molecule has 0 spiro atoms. The minimum Gasteiger partial charge on any atom is -0.494 e. The Morgan fingerprint density at radius 3 is 2.05 bits per heavy atom. The highest BCUT2D eigenvalue weighted by Gasteiger charge is 2.19. The molecule has 0 amide bonds. The van der Waals surface area contributed by atoms with Crippen molar-refractivity contribution < 1.29 is 27.4 Å². The van der Waals surface area contributed by atoms with Crippen LogP contribution in [0.15, 0.2) is 78.9 Å². The largest absolute Gasteiger partial charge is 0.494 e. The Labute approximate surface area is 220 Å². The molecule has 4 aromatic carbocycles. The molecule has 0 radical (unpaired) electrons. The van der Waals surface area contributed by atoms with Gasteiger partial charge < -0.3 is 9.47 Å². The van der Waals surface area contributed by atoms with Gasteiger partial charge in [-0.15, -0.1) is 0 Å². The Hall–Kier alpha value is -4.06. The maximum Gasteiger partial charge on any atom is 0.343 e. The monoisotopic (exact) mass is 518 g/mol. The van der Waals surface area contributed by atoms with Gasteiger partial charge in [0, 0.05) is 17.2 Å². The van der Waals surface area contributed by atoms with Crippen molar-refractivity contribution in [2.24, 2.45) is 0 Å². The first-order chi connectivity index (χ1) is 18.4. The molecule has 0 aliphatic heterocycles. The summed E-state index contributed by atoms with van der Waals surface area (Å²) in [5.41, 5.74) is 2.76. The Morgan fingerprint density at radius 1 is 0.737 bits per heavy atom. The third-order valence-electron chi connectivity index (χ3n) is 6.27. The van der Waals surface area contributed by atoms with E-state index in [1.165, 1.54) is 30.3 Å². The Kier molecular flexibility index (Phi) is 8.85. The van der Waals surface area contributed by atoms with Crippen molar-refractivity contribution in [2.45, 2.75) is 39.5 Å². The van der Waals surface area contributed by atoms with Gasteiger partial charge in [-0.2, -0.15) is 4.39 Å². The van der Waals surface area contributed by atoms with E-state index in [1.54, 1.807) is 36.4 Å². The van der Waals surface area contributed by atoms with Crippen molar-refractivity contribution in [2.75, 3.05) is 6.61 Å². The standard InChI is InChI=1S/C32H29F3O3/c1-3-5-6-7-21-8-10-23(11-9-21)27-18-19-29(31(35)30(27)34)38-32(36)24-14-12-22(13-15-24)26-17-16-25(37-4-2)20-28(26)33/h8-20H,3-7H2,1-2H3. The van der Waals surface area contributed by atoms with Crippen molar-refractivity contribution in [1.82, 2.24) is 0 Å². The zero-order valence-electron chi connectivity index (χ0n) is 21.4. The second-order valence-corrected chi connectivity index (χ2v) is 8.93. The first kappa shape index (κ1) is 27.0. The molecule has 0 aliphatic rings. The van der Waals surface area contributed by atoms with Crippen LogP contribution < -0.4 is 9.47 Å². The van der Waals surface area contributed by atoms with E-state index in [2.05, 4.69) is 6.92 Å². The SMILES string of the molecule is CCCCCc1ccc(-c2ccc(OC(=O)c3ccc(-c4ccc(OCC)cc4F)cc3)c(F)c2F)cc1. The summed E-state index contributed by atoms with van der Waals surface area (Å²) in [5.74, 6) is -3.73. The van der Waals surface area contributed by atoms with Gasteiger partial charge in [0.05, 0.1) is 12.2 Å². The van der Waals surface area contributed by atoms with E-state index in [9.17, 15) is 18.0 Å². The van der Waals surface area contributed by atoms with E-state index < -0.39 is 29.2 Å². The second kappa shape index (κ2) is 12.5. The first-order valence-electron chi connectivity index (χ1n) is 12.7. The normalized spacial score (nSPS) is 10.9. The third-order valence-corrected chi connectivity index (χ3v) is 6.27. The van der Waals surface area contributed by atoms with Crippen LogP contribution in [0.3, 0.4) is 0 Å². The molecule has 0 aromatic heterocycles. The minimum atomic E-state index is -1.24. The average molecular weight is 519 g/mol. The summed E-state index contributed by atoms with van der Waals surface area (Å²) in [6.07, 6.45) is 4.30. The number of esters is 1. The van der Waals surface area contributed by atoms with Crippen LogP contribution in [0.2, 0.25) is 0 Å². The molecule has 0 unspecified atom stereocenters. The summed E-state index contributed by atoms with van der Waals surface area (Å²) < 4.78 is 54.6. The molecule has 0 heterocycles. The number of aryl methyl sites for hydroxylation is 1. The van der Waals surface area contributed by atoms with Gasteiger partial charge in [-0.05, 0) is 72.9 Å². The van der Waals surface area contributed by atoms with Gasteiger partial charge in [0.25, 0.3) is 0 Å². The summed E-state index contributed by atoms with van der Waals surface area (Å²) in [5, 5.41) is 0. The van der Waals surface area contributed by atoms with Crippen molar-refractivity contribution >= 4 is 5.97 Å². The van der Waals surface area contributed by atoms with Crippen LogP contribution in [-0.4, -0.2) is 12.6 Å². The molecule has 0 bridgehead atoms. The lowest BCUT2D eigenvalue weighted by atomic mass is 10.0. The van der Waals surface area contributed by atoms with Crippen LogP contribution in [0.4, 0.5) is 13.2 Å². The lowest BCUT2D eigenvalue weighted by Crippen LogP contribution is -2.10.